The summed E-state index contributed by atoms with van der Waals surface area (Å²) in [6.07, 6.45) is 12.1. The van der Waals surface area contributed by atoms with Crippen molar-refractivity contribution in [2.75, 3.05) is 26.4 Å². The zero-order chi connectivity index (χ0) is 23.5. The average molecular weight is 453 g/mol. The van der Waals surface area contributed by atoms with Crippen molar-refractivity contribution in [3.8, 4) is 0 Å². The van der Waals surface area contributed by atoms with Crippen LogP contribution in [-0.4, -0.2) is 32.6 Å². The van der Waals surface area contributed by atoms with Crippen LogP contribution in [0.5, 0.6) is 0 Å². The molecule has 0 aliphatic heterocycles. The first kappa shape index (κ1) is 27.0. The molecule has 2 aromatic carbocycles. The molecule has 0 unspecified atom stereocenters. The molecule has 0 saturated heterocycles. The summed E-state index contributed by atoms with van der Waals surface area (Å²) in [5.74, 6) is 0. The quantitative estimate of drug-likeness (QED) is 0.141. The summed E-state index contributed by atoms with van der Waals surface area (Å²) in [5, 5.41) is 0. The highest BCUT2D eigenvalue weighted by Gasteiger charge is 2.35. The summed E-state index contributed by atoms with van der Waals surface area (Å²) >= 11 is 0. The highest BCUT2D eigenvalue weighted by atomic mass is 17.0. The third kappa shape index (κ3) is 12.0. The minimum Gasteiger partial charge on any atom is -0.303 e. The maximum absolute atomic E-state index is 6.17. The van der Waals surface area contributed by atoms with Gasteiger partial charge < -0.3 is 18.9 Å². The van der Waals surface area contributed by atoms with Crippen molar-refractivity contribution in [2.45, 2.75) is 58.5 Å². The van der Waals surface area contributed by atoms with Gasteiger partial charge in [-0.05, 0) is 49.7 Å². The zero-order valence-electron chi connectivity index (χ0n) is 20.3. The summed E-state index contributed by atoms with van der Waals surface area (Å²) < 4.78 is 24.6. The maximum atomic E-state index is 6.17. The van der Waals surface area contributed by atoms with E-state index in [4.69, 9.17) is 18.9 Å². The number of hydrogen-bond acceptors (Lipinski definition) is 4. The van der Waals surface area contributed by atoms with E-state index in [1.165, 1.54) is 11.1 Å². The molecule has 0 atom stereocenters. The number of ether oxygens (including phenoxy) is 4. The van der Waals surface area contributed by atoms with Crippen LogP contribution in [0, 0.1) is 0 Å². The largest absolute Gasteiger partial charge is 0.412 e. The van der Waals surface area contributed by atoms with Gasteiger partial charge in [0.15, 0.2) is 0 Å². The Kier molecular flexibility index (Phi) is 14.1. The monoisotopic (exact) mass is 452 g/mol. The molecule has 0 spiro atoms. The summed E-state index contributed by atoms with van der Waals surface area (Å²) in [7, 11) is 0. The van der Waals surface area contributed by atoms with Gasteiger partial charge in [0.05, 0.1) is 26.4 Å². The van der Waals surface area contributed by atoms with Crippen LogP contribution in [0.1, 0.15) is 50.7 Å². The van der Waals surface area contributed by atoms with Crippen LogP contribution in [0.4, 0.5) is 0 Å². The third-order valence-corrected chi connectivity index (χ3v) is 4.96. The second kappa shape index (κ2) is 17.3. The van der Waals surface area contributed by atoms with Gasteiger partial charge in [-0.3, -0.25) is 0 Å². The van der Waals surface area contributed by atoms with E-state index >= 15 is 0 Å². The molecule has 0 fully saturated rings. The Labute approximate surface area is 200 Å². The smallest absolute Gasteiger partial charge is 0.303 e. The lowest BCUT2D eigenvalue weighted by molar-refractivity contribution is -0.498. The molecule has 2 aromatic rings. The molecule has 0 bridgehead atoms. The minimum atomic E-state index is -1.51. The van der Waals surface area contributed by atoms with Crippen LogP contribution < -0.4 is 0 Å². The van der Waals surface area contributed by atoms with Crippen LogP contribution in [0.2, 0.25) is 0 Å². The van der Waals surface area contributed by atoms with Crippen molar-refractivity contribution >= 4 is 0 Å². The average Bonchev–Trinajstić information content (AvgIpc) is 2.85. The van der Waals surface area contributed by atoms with Gasteiger partial charge in [-0.1, -0.05) is 98.8 Å². The highest BCUT2D eigenvalue weighted by Crippen LogP contribution is 2.21. The van der Waals surface area contributed by atoms with E-state index in [0.29, 0.717) is 26.4 Å². The van der Waals surface area contributed by atoms with E-state index in [-0.39, 0.29) is 0 Å². The Morgan fingerprint density at radius 3 is 1.33 bits per heavy atom. The first-order valence-electron chi connectivity index (χ1n) is 12.2. The third-order valence-electron chi connectivity index (χ3n) is 4.96. The van der Waals surface area contributed by atoms with E-state index in [2.05, 4.69) is 62.4 Å². The Balaban J connectivity index is 2.03. The van der Waals surface area contributed by atoms with Crippen molar-refractivity contribution in [2.24, 2.45) is 0 Å². The number of rotatable bonds is 18. The summed E-state index contributed by atoms with van der Waals surface area (Å²) in [6.45, 7) is 6.02. The Bertz CT molecular complexity index is 703. The van der Waals surface area contributed by atoms with Gasteiger partial charge in [0.2, 0.25) is 0 Å². The van der Waals surface area contributed by atoms with E-state index in [9.17, 15) is 0 Å². The predicted octanol–water partition coefficient (Wildman–Crippen LogP) is 6.86. The number of benzene rings is 2. The van der Waals surface area contributed by atoms with Crippen LogP contribution >= 0.6 is 0 Å². The molecule has 180 valence electrons. The molecule has 2 rings (SSSR count). The summed E-state index contributed by atoms with van der Waals surface area (Å²) in [5.41, 5.74) is 2.40. The van der Waals surface area contributed by atoms with E-state index in [0.717, 1.165) is 38.5 Å². The minimum absolute atomic E-state index is 0.435. The molecule has 0 aromatic heterocycles. The maximum Gasteiger partial charge on any atom is 0.412 e. The van der Waals surface area contributed by atoms with Crippen LogP contribution in [0.25, 0.3) is 0 Å². The Morgan fingerprint density at radius 1 is 0.545 bits per heavy atom. The molecular formula is C29H40O4. The summed E-state index contributed by atoms with van der Waals surface area (Å²) in [4.78, 5) is 0. The number of hydrogen-bond donors (Lipinski definition) is 0. The van der Waals surface area contributed by atoms with Crippen LogP contribution in [0.3, 0.4) is 0 Å². The molecular weight excluding hydrogens is 412 g/mol. The fourth-order valence-electron chi connectivity index (χ4n) is 3.20. The molecule has 0 N–H and O–H groups in total. The fraction of sp³-hybridized carbons (Fsp3) is 0.448. The second-order valence-corrected chi connectivity index (χ2v) is 7.70. The topological polar surface area (TPSA) is 36.9 Å². The van der Waals surface area contributed by atoms with Crippen molar-refractivity contribution in [3.05, 3.63) is 96.1 Å². The van der Waals surface area contributed by atoms with Gasteiger partial charge in [0, 0.05) is 0 Å². The van der Waals surface area contributed by atoms with Crippen molar-refractivity contribution in [1.82, 2.24) is 0 Å². The molecule has 4 heteroatoms. The molecule has 0 radical (unpaired) electrons. The normalized spacial score (nSPS) is 12.2. The molecule has 0 saturated carbocycles. The highest BCUT2D eigenvalue weighted by molar-refractivity contribution is 5.15. The summed E-state index contributed by atoms with van der Waals surface area (Å²) in [6, 6.07) is 20.5. The molecule has 0 aliphatic rings. The Hall–Kier alpha value is -2.24. The fourth-order valence-corrected chi connectivity index (χ4v) is 3.20. The van der Waals surface area contributed by atoms with Gasteiger partial charge >= 0.3 is 6.16 Å². The van der Waals surface area contributed by atoms with Gasteiger partial charge in [-0.25, -0.2) is 0 Å². The second-order valence-electron chi connectivity index (χ2n) is 7.70. The van der Waals surface area contributed by atoms with Crippen molar-refractivity contribution < 1.29 is 18.9 Å². The molecule has 0 aliphatic carbocycles. The van der Waals surface area contributed by atoms with E-state index in [1.807, 2.05) is 36.4 Å². The van der Waals surface area contributed by atoms with Gasteiger partial charge in [-0.2, -0.15) is 0 Å². The first-order chi connectivity index (χ1) is 16.3. The van der Waals surface area contributed by atoms with E-state index in [1.54, 1.807) is 0 Å². The predicted molar refractivity (Wildman–Crippen MR) is 135 cm³/mol. The molecule has 33 heavy (non-hydrogen) atoms. The molecule has 4 nitrogen and oxygen atoms in total. The van der Waals surface area contributed by atoms with E-state index < -0.39 is 6.16 Å². The van der Waals surface area contributed by atoms with Crippen LogP contribution in [0.15, 0.2) is 85.0 Å². The first-order valence-corrected chi connectivity index (χ1v) is 12.2. The van der Waals surface area contributed by atoms with Crippen molar-refractivity contribution in [1.29, 1.82) is 0 Å². The lowest BCUT2D eigenvalue weighted by Crippen LogP contribution is -2.44. The Morgan fingerprint density at radius 2 is 0.939 bits per heavy atom. The van der Waals surface area contributed by atoms with Gasteiger partial charge in [0.1, 0.15) is 0 Å². The van der Waals surface area contributed by atoms with Gasteiger partial charge in [0.25, 0.3) is 0 Å². The lowest BCUT2D eigenvalue weighted by Gasteiger charge is -2.32. The molecule has 0 amide bonds. The number of allylic oxidation sites excluding steroid dienone is 2. The standard InChI is InChI=1S/C29H40O4/c1-3-5-7-15-23-30-29(31-24-16-8-6-4-2,32-25-21-27-17-11-9-12-18-27)33-26-22-28-19-13-10-14-20-28/h5-14,17-20H,3-4,15-16,21-26H2,1-2H3. The van der Waals surface area contributed by atoms with Gasteiger partial charge in [-0.15, -0.1) is 0 Å². The lowest BCUT2D eigenvalue weighted by atomic mass is 10.2. The van der Waals surface area contributed by atoms with Crippen molar-refractivity contribution in [3.63, 3.8) is 0 Å². The van der Waals surface area contributed by atoms with Crippen LogP contribution in [-0.2, 0) is 31.8 Å². The SMILES string of the molecule is CCC=CCCOC(OCCC=CCC)(OCCc1ccccc1)OCCc1ccccc1. The molecule has 0 heterocycles. The zero-order valence-corrected chi connectivity index (χ0v) is 20.3.